The molecule has 3 aromatic heterocycles. The summed E-state index contributed by atoms with van der Waals surface area (Å²) in [5.41, 5.74) is 16.1. The van der Waals surface area contributed by atoms with Crippen molar-refractivity contribution < 1.29 is 0 Å². The lowest BCUT2D eigenvalue weighted by atomic mass is 9.99. The van der Waals surface area contributed by atoms with E-state index in [1.165, 1.54) is 49.3 Å². The molecule has 0 N–H and O–H groups in total. The number of para-hydroxylation sites is 2. The predicted octanol–water partition coefficient (Wildman–Crippen LogP) is 16.1. The van der Waals surface area contributed by atoms with Crippen molar-refractivity contribution in [3.05, 3.63) is 249 Å². The zero-order valence-corrected chi connectivity index (χ0v) is 36.9. The molecule has 0 radical (unpaired) electrons. The predicted molar refractivity (Wildman–Crippen MR) is 281 cm³/mol. The SMILES string of the molecule is c1ccc(-c2ccc3c(c2)c2cc(-c4ccccc4)ccc2n3-c2ccc(-c3ccc4c5ccccc5n(-c5ccccc5)c4c3)cc2-c2nc(-c3ccccc3)nc(-c3ccccc3)n2)cc1. The third-order valence-corrected chi connectivity index (χ3v) is 13.2. The quantitative estimate of drug-likeness (QED) is 0.153. The van der Waals surface area contributed by atoms with E-state index in [0.717, 1.165) is 55.7 Å². The van der Waals surface area contributed by atoms with Gasteiger partial charge in [-0.15, -0.1) is 0 Å². The Morgan fingerprint density at radius 3 is 1.22 bits per heavy atom. The fourth-order valence-electron chi connectivity index (χ4n) is 9.93. The average molecular weight is 868 g/mol. The fourth-order valence-corrected chi connectivity index (χ4v) is 9.93. The molecule has 0 bridgehead atoms. The monoisotopic (exact) mass is 867 g/mol. The van der Waals surface area contributed by atoms with Gasteiger partial charge in [-0.3, -0.25) is 0 Å². The van der Waals surface area contributed by atoms with E-state index in [-0.39, 0.29) is 0 Å². The maximum atomic E-state index is 5.37. The van der Waals surface area contributed by atoms with Crippen LogP contribution >= 0.6 is 0 Å². The number of aromatic nitrogens is 5. The van der Waals surface area contributed by atoms with E-state index in [9.17, 15) is 0 Å². The van der Waals surface area contributed by atoms with Crippen molar-refractivity contribution in [2.75, 3.05) is 0 Å². The van der Waals surface area contributed by atoms with Crippen LogP contribution < -0.4 is 0 Å². The molecule has 10 aromatic carbocycles. The third-order valence-electron chi connectivity index (χ3n) is 13.2. The van der Waals surface area contributed by atoms with Gasteiger partial charge in [0.2, 0.25) is 0 Å². The van der Waals surface area contributed by atoms with Crippen molar-refractivity contribution in [2.24, 2.45) is 0 Å². The van der Waals surface area contributed by atoms with Crippen LogP contribution in [0, 0.1) is 0 Å². The van der Waals surface area contributed by atoms with E-state index in [0.29, 0.717) is 17.5 Å². The molecule has 68 heavy (non-hydrogen) atoms. The van der Waals surface area contributed by atoms with E-state index in [1.54, 1.807) is 0 Å². The summed E-state index contributed by atoms with van der Waals surface area (Å²) in [5.74, 6) is 1.81. The Morgan fingerprint density at radius 2 is 0.647 bits per heavy atom. The Balaban J connectivity index is 1.09. The summed E-state index contributed by atoms with van der Waals surface area (Å²) >= 11 is 0. The van der Waals surface area contributed by atoms with Gasteiger partial charge in [0.15, 0.2) is 17.5 Å². The van der Waals surface area contributed by atoms with Crippen LogP contribution in [-0.4, -0.2) is 24.1 Å². The van der Waals surface area contributed by atoms with Gasteiger partial charge in [0.1, 0.15) is 0 Å². The van der Waals surface area contributed by atoms with Crippen LogP contribution in [0.5, 0.6) is 0 Å². The number of hydrogen-bond donors (Lipinski definition) is 0. The van der Waals surface area contributed by atoms with Gasteiger partial charge in [-0.1, -0.05) is 188 Å². The lowest BCUT2D eigenvalue weighted by molar-refractivity contribution is 1.06. The first-order valence-electron chi connectivity index (χ1n) is 23.0. The largest absolute Gasteiger partial charge is 0.309 e. The number of nitrogens with zero attached hydrogens (tertiary/aromatic N) is 5. The molecule has 0 saturated carbocycles. The molecule has 0 aliphatic carbocycles. The number of rotatable bonds is 8. The smallest absolute Gasteiger partial charge is 0.166 e. The maximum Gasteiger partial charge on any atom is 0.166 e. The summed E-state index contributed by atoms with van der Waals surface area (Å²) in [6.45, 7) is 0. The summed E-state index contributed by atoms with van der Waals surface area (Å²) < 4.78 is 4.77. The maximum absolute atomic E-state index is 5.37. The molecule has 0 spiro atoms. The zero-order valence-electron chi connectivity index (χ0n) is 36.9. The summed E-state index contributed by atoms with van der Waals surface area (Å²) in [5, 5.41) is 4.76. The van der Waals surface area contributed by atoms with Crippen molar-refractivity contribution in [2.45, 2.75) is 0 Å². The molecule has 0 amide bonds. The van der Waals surface area contributed by atoms with Gasteiger partial charge in [0, 0.05) is 43.9 Å². The first-order chi connectivity index (χ1) is 33.7. The minimum absolute atomic E-state index is 0.589. The first kappa shape index (κ1) is 39.2. The molecule has 0 unspecified atom stereocenters. The summed E-state index contributed by atoms with van der Waals surface area (Å²) in [7, 11) is 0. The summed E-state index contributed by atoms with van der Waals surface area (Å²) in [6.07, 6.45) is 0. The second-order valence-corrected chi connectivity index (χ2v) is 17.2. The normalized spacial score (nSPS) is 11.5. The van der Waals surface area contributed by atoms with Gasteiger partial charge in [0.05, 0.1) is 27.8 Å². The van der Waals surface area contributed by atoms with Gasteiger partial charge in [0.25, 0.3) is 0 Å². The van der Waals surface area contributed by atoms with Crippen LogP contribution in [0.25, 0.3) is 123 Å². The van der Waals surface area contributed by atoms with E-state index in [4.69, 9.17) is 15.0 Å². The van der Waals surface area contributed by atoms with Crippen molar-refractivity contribution in [1.29, 1.82) is 0 Å². The summed E-state index contributed by atoms with van der Waals surface area (Å²) in [6, 6.07) is 88.3. The van der Waals surface area contributed by atoms with Crippen molar-refractivity contribution >= 4 is 43.6 Å². The number of benzene rings is 10. The Labute approximate surface area is 393 Å². The molecule has 0 aliphatic rings. The molecule has 0 aliphatic heterocycles. The van der Waals surface area contributed by atoms with Crippen LogP contribution in [0.15, 0.2) is 249 Å². The van der Waals surface area contributed by atoms with E-state index in [2.05, 4.69) is 221 Å². The molecule has 0 fully saturated rings. The molecule has 0 saturated heterocycles. The van der Waals surface area contributed by atoms with Crippen LogP contribution in [0.4, 0.5) is 0 Å². The van der Waals surface area contributed by atoms with Crippen molar-refractivity contribution in [1.82, 2.24) is 24.1 Å². The van der Waals surface area contributed by atoms with Crippen molar-refractivity contribution in [3.8, 4) is 78.9 Å². The first-order valence-corrected chi connectivity index (χ1v) is 23.0. The molecule has 13 aromatic rings. The minimum atomic E-state index is 0.589. The van der Waals surface area contributed by atoms with Gasteiger partial charge < -0.3 is 9.13 Å². The second-order valence-electron chi connectivity index (χ2n) is 17.2. The van der Waals surface area contributed by atoms with Crippen LogP contribution in [0.2, 0.25) is 0 Å². The highest BCUT2D eigenvalue weighted by molar-refractivity contribution is 6.13. The molecular weight excluding hydrogens is 827 g/mol. The fraction of sp³-hybridized carbons (Fsp3) is 0. The van der Waals surface area contributed by atoms with Gasteiger partial charge in [-0.05, 0) is 94.0 Å². The number of hydrogen-bond acceptors (Lipinski definition) is 3. The molecule has 5 heteroatoms. The molecule has 5 nitrogen and oxygen atoms in total. The Hall–Kier alpha value is -9.19. The Kier molecular flexibility index (Phi) is 9.43. The van der Waals surface area contributed by atoms with E-state index < -0.39 is 0 Å². The number of fused-ring (bicyclic) bond motifs is 6. The molecule has 3 heterocycles. The third kappa shape index (κ3) is 6.76. The minimum Gasteiger partial charge on any atom is -0.309 e. The highest BCUT2D eigenvalue weighted by Gasteiger charge is 2.22. The lowest BCUT2D eigenvalue weighted by Gasteiger charge is -2.17. The van der Waals surface area contributed by atoms with Crippen LogP contribution in [0.3, 0.4) is 0 Å². The van der Waals surface area contributed by atoms with Gasteiger partial charge >= 0.3 is 0 Å². The highest BCUT2D eigenvalue weighted by Crippen LogP contribution is 2.42. The Bertz CT molecular complexity index is 3840. The summed E-state index contributed by atoms with van der Waals surface area (Å²) in [4.78, 5) is 15.8. The van der Waals surface area contributed by atoms with Gasteiger partial charge in [-0.25, -0.2) is 15.0 Å². The zero-order chi connectivity index (χ0) is 45.0. The molecule has 318 valence electrons. The molecule has 13 rings (SSSR count). The molecule has 0 atom stereocenters. The Morgan fingerprint density at radius 1 is 0.235 bits per heavy atom. The second kappa shape index (κ2) is 16.4. The van der Waals surface area contributed by atoms with Crippen molar-refractivity contribution in [3.63, 3.8) is 0 Å². The van der Waals surface area contributed by atoms with Crippen LogP contribution in [-0.2, 0) is 0 Å². The lowest BCUT2D eigenvalue weighted by Crippen LogP contribution is -2.04. The average Bonchev–Trinajstić information content (AvgIpc) is 3.93. The topological polar surface area (TPSA) is 48.5 Å². The molecular formula is C63H41N5. The van der Waals surface area contributed by atoms with E-state index >= 15 is 0 Å². The standard InChI is InChI=1S/C63H41N5/c1-6-18-42(19-7-1)46-31-35-57-53(38-46)54-39-47(43-20-8-2-9-21-43)32-36-58(54)68(57)59-37-33-48(49-30-34-52-51-28-16-17-29-56(51)67(60(52)41-49)50-26-14-5-15-27-50)40-55(59)63-65-61(44-22-10-3-11-23-44)64-62(66-63)45-24-12-4-13-25-45/h1-41H. The van der Waals surface area contributed by atoms with E-state index in [1.807, 2.05) is 36.4 Å². The van der Waals surface area contributed by atoms with Gasteiger partial charge in [-0.2, -0.15) is 0 Å². The highest BCUT2D eigenvalue weighted by atomic mass is 15.1. The van der Waals surface area contributed by atoms with Crippen LogP contribution in [0.1, 0.15) is 0 Å².